The Kier molecular flexibility index (Phi) is 3.56. The molecule has 128 valence electrons. The van der Waals surface area contributed by atoms with Crippen molar-refractivity contribution < 1.29 is 0 Å². The molecule has 1 unspecified atom stereocenters. The van der Waals surface area contributed by atoms with Gasteiger partial charge in [-0.15, -0.1) is 0 Å². The molecule has 0 saturated heterocycles. The third kappa shape index (κ3) is 2.33. The number of para-hydroxylation sites is 2. The van der Waals surface area contributed by atoms with E-state index in [4.69, 9.17) is 0 Å². The summed E-state index contributed by atoms with van der Waals surface area (Å²) in [7, 11) is 0. The number of H-pyrrole nitrogens is 1. The molecule has 0 saturated carbocycles. The molecule has 26 heavy (non-hydrogen) atoms. The van der Waals surface area contributed by atoms with Gasteiger partial charge in [-0.1, -0.05) is 66.7 Å². The molecule has 0 bridgehead atoms. The van der Waals surface area contributed by atoms with E-state index in [2.05, 4.69) is 95.7 Å². The first-order valence-electron chi connectivity index (χ1n) is 9.32. The molecule has 2 heterocycles. The number of aryl methyl sites for hydroxylation is 2. The lowest BCUT2D eigenvalue weighted by Crippen LogP contribution is -2.29. The summed E-state index contributed by atoms with van der Waals surface area (Å²) in [5, 5.41) is 1.29. The maximum atomic E-state index is 3.59. The molecule has 1 N–H and O–H groups in total. The Morgan fingerprint density at radius 1 is 0.846 bits per heavy atom. The number of hydrogen-bond donors (Lipinski definition) is 1. The molecule has 2 heteroatoms. The smallest absolute Gasteiger partial charge is 0.0704 e. The molecule has 0 aliphatic carbocycles. The van der Waals surface area contributed by atoms with Gasteiger partial charge in [0.2, 0.25) is 0 Å². The topological polar surface area (TPSA) is 19.0 Å². The van der Waals surface area contributed by atoms with E-state index in [1.165, 1.54) is 39.1 Å². The molecule has 0 fully saturated rings. The standard InChI is InChI=1S/C24H22N2/c1-17-24(20-12-6-7-13-21(20)25-17)26-22-14-8-5-11-19(22)15-16-23(26)18-9-3-2-4-10-18/h2-14,23,25H,15-16H2,1H3. The minimum Gasteiger partial charge on any atom is -0.357 e. The van der Waals surface area contributed by atoms with Crippen LogP contribution in [0.15, 0.2) is 78.9 Å². The van der Waals surface area contributed by atoms with Gasteiger partial charge in [0.05, 0.1) is 11.7 Å². The number of aromatic nitrogens is 1. The molecule has 1 aromatic heterocycles. The van der Waals surface area contributed by atoms with Crippen LogP contribution in [0.5, 0.6) is 0 Å². The molecule has 3 aromatic carbocycles. The Balaban J connectivity index is 1.77. The van der Waals surface area contributed by atoms with Crippen molar-refractivity contribution in [1.29, 1.82) is 0 Å². The van der Waals surface area contributed by atoms with Crippen molar-refractivity contribution in [3.63, 3.8) is 0 Å². The number of hydrogen-bond acceptors (Lipinski definition) is 1. The number of benzene rings is 3. The monoisotopic (exact) mass is 338 g/mol. The van der Waals surface area contributed by atoms with Crippen LogP contribution >= 0.6 is 0 Å². The number of fused-ring (bicyclic) bond motifs is 2. The third-order valence-electron chi connectivity index (χ3n) is 5.53. The molecule has 1 atom stereocenters. The van der Waals surface area contributed by atoms with E-state index in [9.17, 15) is 0 Å². The Morgan fingerprint density at radius 3 is 2.46 bits per heavy atom. The SMILES string of the molecule is Cc1[nH]c2ccccc2c1N1c2ccccc2CCC1c1ccccc1. The minimum absolute atomic E-state index is 0.351. The number of rotatable bonds is 2. The molecular formula is C24H22N2. The number of nitrogens with one attached hydrogen (secondary N) is 1. The van der Waals surface area contributed by atoms with Gasteiger partial charge in [0.15, 0.2) is 0 Å². The Labute approximate surface area is 154 Å². The van der Waals surface area contributed by atoms with Crippen LogP contribution in [0.4, 0.5) is 11.4 Å². The van der Waals surface area contributed by atoms with Crippen LogP contribution in [0.1, 0.15) is 29.3 Å². The summed E-state index contributed by atoms with van der Waals surface area (Å²) >= 11 is 0. The fraction of sp³-hybridized carbons (Fsp3) is 0.167. The van der Waals surface area contributed by atoms with E-state index >= 15 is 0 Å². The van der Waals surface area contributed by atoms with Gasteiger partial charge in [-0.2, -0.15) is 0 Å². The van der Waals surface area contributed by atoms with Crippen molar-refractivity contribution in [2.24, 2.45) is 0 Å². The van der Waals surface area contributed by atoms with Crippen molar-refractivity contribution in [2.45, 2.75) is 25.8 Å². The lowest BCUT2D eigenvalue weighted by Gasteiger charge is -2.39. The van der Waals surface area contributed by atoms with Gasteiger partial charge in [-0.3, -0.25) is 0 Å². The first-order chi connectivity index (χ1) is 12.8. The predicted octanol–water partition coefficient (Wildman–Crippen LogP) is 6.30. The summed E-state index contributed by atoms with van der Waals surface area (Å²) in [5.41, 5.74) is 7.89. The summed E-state index contributed by atoms with van der Waals surface area (Å²) in [4.78, 5) is 6.14. The molecular weight excluding hydrogens is 316 g/mol. The molecule has 0 amide bonds. The van der Waals surface area contributed by atoms with Crippen molar-refractivity contribution in [1.82, 2.24) is 4.98 Å². The van der Waals surface area contributed by atoms with E-state index in [1.807, 2.05) is 0 Å². The summed E-state index contributed by atoms with van der Waals surface area (Å²) in [6, 6.07) is 28.7. The van der Waals surface area contributed by atoms with Crippen LogP contribution in [0.2, 0.25) is 0 Å². The van der Waals surface area contributed by atoms with Gasteiger partial charge >= 0.3 is 0 Å². The van der Waals surface area contributed by atoms with Gasteiger partial charge < -0.3 is 9.88 Å². The summed E-state index contributed by atoms with van der Waals surface area (Å²) in [6.07, 6.45) is 2.24. The highest BCUT2D eigenvalue weighted by molar-refractivity contribution is 5.97. The summed E-state index contributed by atoms with van der Waals surface area (Å²) in [5.74, 6) is 0. The Hall–Kier alpha value is -3.00. The largest absolute Gasteiger partial charge is 0.357 e. The van der Waals surface area contributed by atoms with Crippen LogP contribution in [-0.4, -0.2) is 4.98 Å². The molecule has 0 radical (unpaired) electrons. The quantitative estimate of drug-likeness (QED) is 0.454. The second kappa shape index (κ2) is 6.06. The lowest BCUT2D eigenvalue weighted by molar-refractivity contribution is 0.604. The van der Waals surface area contributed by atoms with Crippen molar-refractivity contribution >= 4 is 22.3 Å². The zero-order chi connectivity index (χ0) is 17.5. The first kappa shape index (κ1) is 15.3. The molecule has 1 aliphatic rings. The Bertz CT molecular complexity index is 1060. The lowest BCUT2D eigenvalue weighted by atomic mass is 9.90. The second-order valence-corrected chi connectivity index (χ2v) is 7.11. The predicted molar refractivity (Wildman–Crippen MR) is 109 cm³/mol. The maximum absolute atomic E-state index is 3.59. The zero-order valence-electron chi connectivity index (χ0n) is 14.9. The van der Waals surface area contributed by atoms with Gasteiger partial charge in [0.25, 0.3) is 0 Å². The highest BCUT2D eigenvalue weighted by atomic mass is 15.2. The summed E-state index contributed by atoms with van der Waals surface area (Å²) < 4.78 is 0. The molecule has 4 aromatic rings. The highest BCUT2D eigenvalue weighted by Crippen LogP contribution is 2.47. The Morgan fingerprint density at radius 2 is 1.58 bits per heavy atom. The normalized spacial score (nSPS) is 16.7. The van der Waals surface area contributed by atoms with Gasteiger partial charge in [-0.05, 0) is 43.0 Å². The van der Waals surface area contributed by atoms with Gasteiger partial charge in [0.1, 0.15) is 0 Å². The maximum Gasteiger partial charge on any atom is 0.0704 e. The van der Waals surface area contributed by atoms with Crippen molar-refractivity contribution in [2.75, 3.05) is 4.90 Å². The molecule has 5 rings (SSSR count). The first-order valence-corrected chi connectivity index (χ1v) is 9.32. The van der Waals surface area contributed by atoms with E-state index in [0.717, 1.165) is 12.8 Å². The number of aromatic amines is 1. The van der Waals surface area contributed by atoms with Crippen LogP contribution in [0.3, 0.4) is 0 Å². The van der Waals surface area contributed by atoms with Crippen LogP contribution in [0.25, 0.3) is 10.9 Å². The average molecular weight is 338 g/mol. The van der Waals surface area contributed by atoms with E-state index in [0.29, 0.717) is 6.04 Å². The molecule has 0 spiro atoms. The van der Waals surface area contributed by atoms with Gasteiger partial charge in [-0.25, -0.2) is 0 Å². The second-order valence-electron chi connectivity index (χ2n) is 7.11. The minimum atomic E-state index is 0.351. The van der Waals surface area contributed by atoms with E-state index in [1.54, 1.807) is 0 Å². The fourth-order valence-corrected chi connectivity index (χ4v) is 4.39. The number of anilines is 2. The van der Waals surface area contributed by atoms with Crippen LogP contribution in [-0.2, 0) is 6.42 Å². The zero-order valence-corrected chi connectivity index (χ0v) is 14.9. The van der Waals surface area contributed by atoms with Crippen molar-refractivity contribution in [3.8, 4) is 0 Å². The average Bonchev–Trinajstić information content (AvgIpc) is 3.03. The van der Waals surface area contributed by atoms with E-state index in [-0.39, 0.29) is 0 Å². The third-order valence-corrected chi connectivity index (χ3v) is 5.53. The van der Waals surface area contributed by atoms with Crippen LogP contribution < -0.4 is 4.90 Å². The van der Waals surface area contributed by atoms with Gasteiger partial charge in [0, 0.05) is 22.3 Å². The highest BCUT2D eigenvalue weighted by Gasteiger charge is 2.31. The van der Waals surface area contributed by atoms with Crippen molar-refractivity contribution in [3.05, 3.63) is 95.7 Å². The summed E-state index contributed by atoms with van der Waals surface area (Å²) in [6.45, 7) is 2.19. The number of nitrogens with zero attached hydrogens (tertiary/aromatic N) is 1. The molecule has 2 nitrogen and oxygen atoms in total. The van der Waals surface area contributed by atoms with E-state index < -0.39 is 0 Å². The molecule has 1 aliphatic heterocycles. The van der Waals surface area contributed by atoms with Crippen LogP contribution in [0, 0.1) is 6.92 Å². The fourth-order valence-electron chi connectivity index (χ4n) is 4.39.